The number of rotatable bonds is 3. The predicted octanol–water partition coefficient (Wildman–Crippen LogP) is 2.29. The molecule has 0 atom stereocenters. The number of nitrogens with two attached hydrogens (primary N) is 1. The predicted molar refractivity (Wildman–Crippen MR) is 81.7 cm³/mol. The summed E-state index contributed by atoms with van der Waals surface area (Å²) in [5, 5.41) is 12.8. The molecule has 0 aliphatic heterocycles. The molecule has 104 valence electrons. The molecule has 21 heavy (non-hydrogen) atoms. The molecule has 0 bridgehead atoms. The number of carbonyl (C=O) groups excluding carboxylic acids is 1. The maximum absolute atomic E-state index is 11.9. The highest BCUT2D eigenvalue weighted by Crippen LogP contribution is 2.06. The molecule has 0 fully saturated rings. The van der Waals surface area contributed by atoms with Crippen LogP contribution in [0, 0.1) is 11.3 Å². The molecule has 0 heterocycles. The largest absolute Gasteiger partial charge is 0.399 e. The molecule has 2 rings (SSSR count). The van der Waals surface area contributed by atoms with E-state index in [1.807, 2.05) is 6.07 Å². The fourth-order valence-corrected chi connectivity index (χ4v) is 1.68. The third-order valence-electron chi connectivity index (χ3n) is 2.93. The van der Waals surface area contributed by atoms with Gasteiger partial charge in [0.25, 0.3) is 5.91 Å². The van der Waals surface area contributed by atoms with Crippen LogP contribution in [-0.2, 0) is 0 Å². The molecule has 0 spiro atoms. The lowest BCUT2D eigenvalue weighted by Gasteiger charge is -2.03. The normalized spacial score (nSPS) is 10.8. The second-order valence-corrected chi connectivity index (χ2v) is 4.45. The molecule has 0 aliphatic rings. The number of hydrogen-bond acceptors (Lipinski definition) is 4. The van der Waals surface area contributed by atoms with Crippen LogP contribution in [0.3, 0.4) is 0 Å². The summed E-state index contributed by atoms with van der Waals surface area (Å²) in [6, 6.07) is 15.6. The smallest absolute Gasteiger partial charge is 0.271 e. The Kier molecular flexibility index (Phi) is 4.32. The van der Waals surface area contributed by atoms with Crippen LogP contribution in [0.2, 0.25) is 0 Å². The van der Waals surface area contributed by atoms with Gasteiger partial charge in [0.05, 0.1) is 17.3 Å². The summed E-state index contributed by atoms with van der Waals surface area (Å²) in [6.45, 7) is 1.78. The topological polar surface area (TPSA) is 91.3 Å². The Labute approximate surface area is 122 Å². The number of benzene rings is 2. The van der Waals surface area contributed by atoms with Crippen molar-refractivity contribution in [1.29, 1.82) is 5.26 Å². The molecular formula is C16H14N4O. The summed E-state index contributed by atoms with van der Waals surface area (Å²) >= 11 is 0. The van der Waals surface area contributed by atoms with E-state index in [1.54, 1.807) is 55.5 Å². The molecule has 5 nitrogen and oxygen atoms in total. The van der Waals surface area contributed by atoms with Crippen molar-refractivity contribution in [2.45, 2.75) is 6.92 Å². The third-order valence-corrected chi connectivity index (χ3v) is 2.93. The van der Waals surface area contributed by atoms with Crippen LogP contribution >= 0.6 is 0 Å². The van der Waals surface area contributed by atoms with Gasteiger partial charge in [0, 0.05) is 11.3 Å². The van der Waals surface area contributed by atoms with E-state index in [0.717, 1.165) is 5.56 Å². The molecule has 0 radical (unpaired) electrons. The molecule has 0 unspecified atom stereocenters. The Hall–Kier alpha value is -3.13. The Bertz CT molecular complexity index is 709. The quantitative estimate of drug-likeness (QED) is 0.512. The lowest BCUT2D eigenvalue weighted by molar-refractivity contribution is 0.0955. The number of nitriles is 1. The summed E-state index contributed by atoms with van der Waals surface area (Å²) in [5.74, 6) is -0.303. The van der Waals surface area contributed by atoms with Crippen molar-refractivity contribution in [1.82, 2.24) is 5.43 Å². The summed E-state index contributed by atoms with van der Waals surface area (Å²) in [6.07, 6.45) is 0. The first kappa shape index (κ1) is 14.3. The van der Waals surface area contributed by atoms with E-state index in [2.05, 4.69) is 10.5 Å². The average molecular weight is 278 g/mol. The molecule has 2 aromatic rings. The van der Waals surface area contributed by atoms with Crippen molar-refractivity contribution in [2.24, 2.45) is 5.10 Å². The number of hydrogen-bond donors (Lipinski definition) is 2. The second-order valence-electron chi connectivity index (χ2n) is 4.45. The van der Waals surface area contributed by atoms with Crippen molar-refractivity contribution < 1.29 is 4.79 Å². The zero-order chi connectivity index (χ0) is 15.2. The first-order valence-electron chi connectivity index (χ1n) is 6.31. The van der Waals surface area contributed by atoms with E-state index < -0.39 is 0 Å². The minimum absolute atomic E-state index is 0.303. The van der Waals surface area contributed by atoms with Gasteiger partial charge in [0.15, 0.2) is 0 Å². The van der Waals surface area contributed by atoms with Crippen LogP contribution in [0.4, 0.5) is 5.69 Å². The fourth-order valence-electron chi connectivity index (χ4n) is 1.68. The zero-order valence-electron chi connectivity index (χ0n) is 11.5. The van der Waals surface area contributed by atoms with Gasteiger partial charge in [-0.15, -0.1) is 0 Å². The van der Waals surface area contributed by atoms with Crippen molar-refractivity contribution in [3.63, 3.8) is 0 Å². The average Bonchev–Trinajstić information content (AvgIpc) is 2.53. The van der Waals surface area contributed by atoms with Crippen molar-refractivity contribution in [3.8, 4) is 6.07 Å². The standard InChI is InChI=1S/C16H14N4O/c1-11(13-4-2-12(10-17)3-5-13)19-20-16(21)14-6-8-15(18)9-7-14/h2-9H,18H2,1H3,(H,20,21). The molecule has 0 aliphatic carbocycles. The summed E-state index contributed by atoms with van der Waals surface area (Å²) in [7, 11) is 0. The van der Waals surface area contributed by atoms with E-state index in [0.29, 0.717) is 22.5 Å². The minimum atomic E-state index is -0.303. The van der Waals surface area contributed by atoms with Gasteiger partial charge in [-0.25, -0.2) is 5.43 Å². The SMILES string of the molecule is CC(=NNC(=O)c1ccc(N)cc1)c1ccc(C#N)cc1. The van der Waals surface area contributed by atoms with E-state index in [4.69, 9.17) is 11.0 Å². The molecule has 1 amide bonds. The van der Waals surface area contributed by atoms with Crippen molar-refractivity contribution in [3.05, 3.63) is 65.2 Å². The zero-order valence-corrected chi connectivity index (χ0v) is 11.5. The minimum Gasteiger partial charge on any atom is -0.399 e. The Morgan fingerprint density at radius 1 is 1.10 bits per heavy atom. The van der Waals surface area contributed by atoms with Crippen LogP contribution < -0.4 is 11.2 Å². The Morgan fingerprint density at radius 3 is 2.24 bits per heavy atom. The van der Waals surface area contributed by atoms with E-state index >= 15 is 0 Å². The first-order chi connectivity index (χ1) is 10.1. The van der Waals surface area contributed by atoms with Crippen molar-refractivity contribution in [2.75, 3.05) is 5.73 Å². The number of nitrogen functional groups attached to an aromatic ring is 1. The number of hydrazone groups is 1. The van der Waals surface area contributed by atoms with Gasteiger partial charge in [-0.1, -0.05) is 12.1 Å². The highest BCUT2D eigenvalue weighted by molar-refractivity contribution is 6.00. The van der Waals surface area contributed by atoms with Crippen LogP contribution in [-0.4, -0.2) is 11.6 Å². The maximum Gasteiger partial charge on any atom is 0.271 e. The van der Waals surface area contributed by atoms with E-state index in [1.165, 1.54) is 0 Å². The molecule has 0 saturated heterocycles. The first-order valence-corrected chi connectivity index (χ1v) is 6.31. The third kappa shape index (κ3) is 3.67. The van der Waals surface area contributed by atoms with Crippen molar-refractivity contribution >= 4 is 17.3 Å². The monoisotopic (exact) mass is 278 g/mol. The van der Waals surface area contributed by atoms with Gasteiger partial charge in [0.2, 0.25) is 0 Å². The fraction of sp³-hybridized carbons (Fsp3) is 0.0625. The van der Waals surface area contributed by atoms with Gasteiger partial charge in [-0.2, -0.15) is 10.4 Å². The highest BCUT2D eigenvalue weighted by atomic mass is 16.2. The van der Waals surface area contributed by atoms with Gasteiger partial charge in [-0.05, 0) is 48.9 Å². The van der Waals surface area contributed by atoms with Crippen LogP contribution in [0.15, 0.2) is 53.6 Å². The molecule has 0 aromatic heterocycles. The molecule has 0 saturated carbocycles. The Morgan fingerprint density at radius 2 is 1.67 bits per heavy atom. The summed E-state index contributed by atoms with van der Waals surface area (Å²) < 4.78 is 0. The van der Waals surface area contributed by atoms with E-state index in [-0.39, 0.29) is 5.91 Å². The molecular weight excluding hydrogens is 264 g/mol. The van der Waals surface area contributed by atoms with Crippen LogP contribution in [0.1, 0.15) is 28.4 Å². The van der Waals surface area contributed by atoms with Crippen LogP contribution in [0.5, 0.6) is 0 Å². The number of nitrogens with one attached hydrogen (secondary N) is 1. The lowest BCUT2D eigenvalue weighted by Crippen LogP contribution is -2.19. The van der Waals surface area contributed by atoms with Gasteiger partial charge >= 0.3 is 0 Å². The molecule has 2 aromatic carbocycles. The van der Waals surface area contributed by atoms with Crippen LogP contribution in [0.25, 0.3) is 0 Å². The second kappa shape index (κ2) is 6.35. The lowest BCUT2D eigenvalue weighted by atomic mass is 10.1. The number of carbonyl (C=O) groups is 1. The number of nitrogens with zero attached hydrogens (tertiary/aromatic N) is 2. The Balaban J connectivity index is 2.07. The molecule has 5 heteroatoms. The number of amides is 1. The highest BCUT2D eigenvalue weighted by Gasteiger charge is 2.04. The van der Waals surface area contributed by atoms with Gasteiger partial charge in [0.1, 0.15) is 0 Å². The van der Waals surface area contributed by atoms with Gasteiger partial charge in [-0.3, -0.25) is 4.79 Å². The molecule has 3 N–H and O–H groups in total. The maximum atomic E-state index is 11.9. The summed E-state index contributed by atoms with van der Waals surface area (Å²) in [4.78, 5) is 11.9. The van der Waals surface area contributed by atoms with Gasteiger partial charge < -0.3 is 5.73 Å². The summed E-state index contributed by atoms with van der Waals surface area (Å²) in [5.41, 5.74) is 11.2. The van der Waals surface area contributed by atoms with E-state index in [9.17, 15) is 4.79 Å². The number of anilines is 1.